The number of aromatic nitrogens is 3. The van der Waals surface area contributed by atoms with E-state index in [4.69, 9.17) is 9.97 Å². The van der Waals surface area contributed by atoms with Crippen molar-refractivity contribution in [2.75, 3.05) is 13.1 Å². The molecule has 5 nitrogen and oxygen atoms in total. The van der Waals surface area contributed by atoms with Crippen molar-refractivity contribution >= 4 is 11.0 Å². The molecule has 1 saturated heterocycles. The quantitative estimate of drug-likeness (QED) is 0.778. The third kappa shape index (κ3) is 3.05. The second-order valence-corrected chi connectivity index (χ2v) is 6.58. The van der Waals surface area contributed by atoms with E-state index in [9.17, 15) is 5.11 Å². The van der Waals surface area contributed by atoms with Crippen LogP contribution < -0.4 is 0 Å². The maximum Gasteiger partial charge on any atom is 0.161 e. The van der Waals surface area contributed by atoms with Crippen molar-refractivity contribution < 1.29 is 5.11 Å². The molecular formula is C19H22N4O. The van der Waals surface area contributed by atoms with E-state index >= 15 is 0 Å². The van der Waals surface area contributed by atoms with E-state index in [2.05, 4.69) is 16.0 Å². The van der Waals surface area contributed by atoms with Gasteiger partial charge < -0.3 is 10.1 Å². The fourth-order valence-corrected chi connectivity index (χ4v) is 3.33. The average molecular weight is 322 g/mol. The van der Waals surface area contributed by atoms with Gasteiger partial charge in [0.15, 0.2) is 5.82 Å². The first-order valence-electron chi connectivity index (χ1n) is 8.51. The van der Waals surface area contributed by atoms with Gasteiger partial charge in [0.05, 0.1) is 11.8 Å². The van der Waals surface area contributed by atoms with E-state index in [0.29, 0.717) is 0 Å². The molecule has 1 fully saturated rings. The topological polar surface area (TPSA) is 65.0 Å². The van der Waals surface area contributed by atoms with Crippen LogP contribution in [-0.4, -0.2) is 44.2 Å². The van der Waals surface area contributed by atoms with Gasteiger partial charge in [-0.2, -0.15) is 0 Å². The summed E-state index contributed by atoms with van der Waals surface area (Å²) < 4.78 is 0. The van der Waals surface area contributed by atoms with Crippen LogP contribution in [0.4, 0.5) is 0 Å². The van der Waals surface area contributed by atoms with E-state index in [-0.39, 0.29) is 6.10 Å². The zero-order chi connectivity index (χ0) is 16.5. The van der Waals surface area contributed by atoms with Crippen molar-refractivity contribution in [1.29, 1.82) is 0 Å². The molecule has 0 aliphatic carbocycles. The predicted octanol–water partition coefficient (Wildman–Crippen LogP) is 2.89. The lowest BCUT2D eigenvalue weighted by atomic mass is 10.1. The Hall–Kier alpha value is -2.24. The molecule has 0 spiro atoms. The van der Waals surface area contributed by atoms with Gasteiger partial charge in [0.25, 0.3) is 0 Å². The van der Waals surface area contributed by atoms with Gasteiger partial charge in [-0.25, -0.2) is 9.97 Å². The molecule has 5 heteroatoms. The zero-order valence-electron chi connectivity index (χ0n) is 13.9. The monoisotopic (exact) mass is 322 g/mol. The van der Waals surface area contributed by atoms with Gasteiger partial charge in [0, 0.05) is 36.3 Å². The summed E-state index contributed by atoms with van der Waals surface area (Å²) in [6, 6.07) is 12.2. The third-order valence-corrected chi connectivity index (χ3v) is 4.66. The van der Waals surface area contributed by atoms with E-state index < -0.39 is 0 Å². The Morgan fingerprint density at radius 2 is 1.92 bits per heavy atom. The van der Waals surface area contributed by atoms with Crippen LogP contribution >= 0.6 is 0 Å². The average Bonchev–Trinajstić information content (AvgIpc) is 2.98. The number of fused-ring (bicyclic) bond motifs is 1. The first kappa shape index (κ1) is 15.3. The second kappa shape index (κ2) is 6.34. The first-order chi connectivity index (χ1) is 11.7. The predicted molar refractivity (Wildman–Crippen MR) is 94.6 cm³/mol. The number of rotatable bonds is 3. The number of benzene rings is 1. The molecule has 0 radical (unpaired) electrons. The van der Waals surface area contributed by atoms with Crippen LogP contribution in [0.25, 0.3) is 22.4 Å². The molecule has 0 bridgehead atoms. The van der Waals surface area contributed by atoms with Crippen LogP contribution in [0.5, 0.6) is 0 Å². The molecule has 0 atom stereocenters. The van der Waals surface area contributed by atoms with Gasteiger partial charge in [-0.1, -0.05) is 30.3 Å². The molecule has 0 unspecified atom stereocenters. The van der Waals surface area contributed by atoms with Crippen molar-refractivity contribution in [2.24, 2.45) is 0 Å². The molecule has 124 valence electrons. The molecule has 3 aromatic rings. The number of aliphatic hydroxyl groups excluding tert-OH is 1. The smallest absolute Gasteiger partial charge is 0.161 e. The van der Waals surface area contributed by atoms with E-state index in [1.54, 1.807) is 0 Å². The van der Waals surface area contributed by atoms with Crippen LogP contribution in [0, 0.1) is 6.92 Å². The molecule has 1 aliphatic heterocycles. The maximum absolute atomic E-state index is 9.70. The Morgan fingerprint density at radius 1 is 1.17 bits per heavy atom. The highest BCUT2D eigenvalue weighted by molar-refractivity contribution is 5.81. The van der Waals surface area contributed by atoms with Crippen LogP contribution in [0.3, 0.4) is 0 Å². The number of H-pyrrole nitrogens is 1. The minimum Gasteiger partial charge on any atom is -0.393 e. The Bertz CT molecular complexity index is 835. The van der Waals surface area contributed by atoms with Crippen LogP contribution in [-0.2, 0) is 6.54 Å². The summed E-state index contributed by atoms with van der Waals surface area (Å²) in [5.74, 6) is 0.761. The molecule has 2 aromatic heterocycles. The summed E-state index contributed by atoms with van der Waals surface area (Å²) in [4.78, 5) is 15.3. The minimum absolute atomic E-state index is 0.152. The number of likely N-dealkylation sites (tertiary alicyclic amines) is 1. The molecule has 3 heterocycles. The SMILES string of the molecule is Cc1cc2c(CN3CCC(O)CC3)nc(-c3ccccc3)nc2[nH]1. The highest BCUT2D eigenvalue weighted by Gasteiger charge is 2.19. The normalized spacial score (nSPS) is 16.8. The summed E-state index contributed by atoms with van der Waals surface area (Å²) in [5, 5.41) is 10.8. The van der Waals surface area contributed by atoms with Crippen molar-refractivity contribution in [2.45, 2.75) is 32.4 Å². The van der Waals surface area contributed by atoms with E-state index in [1.165, 1.54) is 0 Å². The largest absolute Gasteiger partial charge is 0.393 e. The minimum atomic E-state index is -0.152. The first-order valence-corrected chi connectivity index (χ1v) is 8.51. The standard InChI is InChI=1S/C19H22N4O/c1-13-11-16-17(12-23-9-7-15(24)8-10-23)21-18(22-19(16)20-13)14-5-3-2-4-6-14/h2-6,11,15,24H,7-10,12H2,1H3,(H,20,21,22). The fourth-order valence-electron chi connectivity index (χ4n) is 3.33. The Morgan fingerprint density at radius 3 is 2.67 bits per heavy atom. The van der Waals surface area contributed by atoms with Gasteiger partial charge in [-0.05, 0) is 25.8 Å². The molecule has 1 aliphatic rings. The van der Waals surface area contributed by atoms with Crippen LogP contribution in [0.2, 0.25) is 0 Å². The highest BCUT2D eigenvalue weighted by atomic mass is 16.3. The van der Waals surface area contributed by atoms with Crippen LogP contribution in [0.1, 0.15) is 24.2 Å². The summed E-state index contributed by atoms with van der Waals surface area (Å²) in [7, 11) is 0. The van der Waals surface area contributed by atoms with Gasteiger partial charge in [0.1, 0.15) is 5.65 Å². The summed E-state index contributed by atoms with van der Waals surface area (Å²) >= 11 is 0. The lowest BCUT2D eigenvalue weighted by molar-refractivity contribution is 0.0789. The Kier molecular flexibility index (Phi) is 4.04. The number of aryl methyl sites for hydroxylation is 1. The molecule has 24 heavy (non-hydrogen) atoms. The summed E-state index contributed by atoms with van der Waals surface area (Å²) in [6.45, 7) is 4.67. The van der Waals surface area contributed by atoms with Crippen molar-refractivity contribution in [1.82, 2.24) is 19.9 Å². The fraction of sp³-hybridized carbons (Fsp3) is 0.368. The lowest BCUT2D eigenvalue weighted by Gasteiger charge is -2.29. The van der Waals surface area contributed by atoms with Crippen molar-refractivity contribution in [3.05, 3.63) is 47.8 Å². The van der Waals surface area contributed by atoms with Crippen molar-refractivity contribution in [3.8, 4) is 11.4 Å². The Labute approximate surface area is 141 Å². The lowest BCUT2D eigenvalue weighted by Crippen LogP contribution is -2.35. The molecule has 0 saturated carbocycles. The van der Waals surface area contributed by atoms with Crippen LogP contribution in [0.15, 0.2) is 36.4 Å². The number of piperidine rings is 1. The zero-order valence-corrected chi connectivity index (χ0v) is 13.9. The van der Waals surface area contributed by atoms with Crippen molar-refractivity contribution in [3.63, 3.8) is 0 Å². The Balaban J connectivity index is 1.72. The van der Waals surface area contributed by atoms with E-state index in [1.807, 2.05) is 37.3 Å². The number of aromatic amines is 1. The van der Waals surface area contributed by atoms with Gasteiger partial charge >= 0.3 is 0 Å². The van der Waals surface area contributed by atoms with Gasteiger partial charge in [-0.3, -0.25) is 4.90 Å². The molecule has 0 amide bonds. The van der Waals surface area contributed by atoms with Gasteiger partial charge in [-0.15, -0.1) is 0 Å². The van der Waals surface area contributed by atoms with Gasteiger partial charge in [0.2, 0.25) is 0 Å². The number of hydrogen-bond donors (Lipinski definition) is 2. The molecule has 1 aromatic carbocycles. The third-order valence-electron chi connectivity index (χ3n) is 4.66. The number of nitrogens with one attached hydrogen (secondary N) is 1. The summed E-state index contributed by atoms with van der Waals surface area (Å²) in [5.41, 5.74) is 4.08. The number of nitrogens with zero attached hydrogens (tertiary/aromatic N) is 3. The highest BCUT2D eigenvalue weighted by Crippen LogP contribution is 2.24. The molecule has 2 N–H and O–H groups in total. The maximum atomic E-state index is 9.70. The number of hydrogen-bond acceptors (Lipinski definition) is 4. The second-order valence-electron chi connectivity index (χ2n) is 6.58. The summed E-state index contributed by atoms with van der Waals surface area (Å²) in [6.07, 6.45) is 1.53. The van der Waals surface area contributed by atoms with E-state index in [0.717, 1.165) is 66.3 Å². The molecular weight excluding hydrogens is 300 g/mol. The number of aliphatic hydroxyl groups is 1. The molecule has 4 rings (SSSR count).